The third kappa shape index (κ3) is 2.61. The number of carbonyl (C=O) groups excluding carboxylic acids is 1. The normalized spacial score (nSPS) is 41.5. The van der Waals surface area contributed by atoms with E-state index in [1.54, 1.807) is 0 Å². The van der Waals surface area contributed by atoms with E-state index in [4.69, 9.17) is 4.74 Å². The van der Waals surface area contributed by atoms with E-state index in [0.717, 1.165) is 43.3 Å². The summed E-state index contributed by atoms with van der Waals surface area (Å²) in [5.74, 6) is 4.28. The topological polar surface area (TPSA) is 41.6 Å². The van der Waals surface area contributed by atoms with Gasteiger partial charge in [0.2, 0.25) is 5.91 Å². The molecule has 0 aromatic heterocycles. The van der Waals surface area contributed by atoms with Crippen LogP contribution in [-0.4, -0.2) is 49.7 Å². The molecule has 1 N–H and O–H groups in total. The van der Waals surface area contributed by atoms with Crippen molar-refractivity contribution in [2.24, 2.45) is 23.7 Å². The molecular formula is C17H28N2O2. The fourth-order valence-electron chi connectivity index (χ4n) is 5.64. The maximum absolute atomic E-state index is 12.1. The van der Waals surface area contributed by atoms with E-state index in [9.17, 15) is 4.79 Å². The zero-order chi connectivity index (χ0) is 14.2. The van der Waals surface area contributed by atoms with Crippen molar-refractivity contribution in [2.45, 2.75) is 44.6 Å². The standard InChI is InChI=1S/C17H28N2O2/c20-17(19-6-8-21-9-7-19)4-5-18-16-11-12-10-15(16)14-3-1-2-13(12)14/h12-16,18H,1-11H2. The minimum Gasteiger partial charge on any atom is -0.378 e. The van der Waals surface area contributed by atoms with E-state index in [0.29, 0.717) is 31.6 Å². The molecule has 4 fully saturated rings. The highest BCUT2D eigenvalue weighted by Crippen LogP contribution is 2.58. The van der Waals surface area contributed by atoms with E-state index in [-0.39, 0.29) is 0 Å². The fourth-order valence-corrected chi connectivity index (χ4v) is 5.64. The summed E-state index contributed by atoms with van der Waals surface area (Å²) in [5.41, 5.74) is 0. The number of amides is 1. The number of morpholine rings is 1. The molecule has 5 atom stereocenters. The maximum atomic E-state index is 12.1. The molecule has 1 amide bonds. The summed E-state index contributed by atoms with van der Waals surface area (Å²) in [6.07, 6.45) is 7.92. The summed E-state index contributed by atoms with van der Waals surface area (Å²) in [5, 5.41) is 3.72. The Labute approximate surface area is 127 Å². The Morgan fingerprint density at radius 2 is 1.90 bits per heavy atom. The van der Waals surface area contributed by atoms with Gasteiger partial charge in [-0.25, -0.2) is 0 Å². The van der Waals surface area contributed by atoms with Crippen molar-refractivity contribution in [1.82, 2.24) is 10.2 Å². The van der Waals surface area contributed by atoms with Gasteiger partial charge in [-0.15, -0.1) is 0 Å². The summed E-state index contributed by atoms with van der Waals surface area (Å²) in [7, 11) is 0. The van der Waals surface area contributed by atoms with Crippen LogP contribution in [0.4, 0.5) is 0 Å². The van der Waals surface area contributed by atoms with Crippen LogP contribution in [0.3, 0.4) is 0 Å². The molecule has 3 aliphatic carbocycles. The smallest absolute Gasteiger partial charge is 0.224 e. The summed E-state index contributed by atoms with van der Waals surface area (Å²) in [4.78, 5) is 14.1. The van der Waals surface area contributed by atoms with Crippen LogP contribution in [0, 0.1) is 23.7 Å². The lowest BCUT2D eigenvalue weighted by atomic mass is 9.79. The van der Waals surface area contributed by atoms with Gasteiger partial charge in [0.25, 0.3) is 0 Å². The monoisotopic (exact) mass is 292 g/mol. The number of nitrogens with one attached hydrogen (secondary N) is 1. The molecule has 4 rings (SSSR count). The highest BCUT2D eigenvalue weighted by atomic mass is 16.5. The Bertz CT molecular complexity index is 394. The average molecular weight is 292 g/mol. The molecule has 0 radical (unpaired) electrons. The van der Waals surface area contributed by atoms with Gasteiger partial charge in [-0.2, -0.15) is 0 Å². The molecular weight excluding hydrogens is 264 g/mol. The number of nitrogens with zero attached hydrogens (tertiary/aromatic N) is 1. The molecule has 4 aliphatic rings. The van der Waals surface area contributed by atoms with Crippen molar-refractivity contribution >= 4 is 5.91 Å². The highest BCUT2D eigenvalue weighted by molar-refractivity contribution is 5.76. The molecule has 118 valence electrons. The summed E-state index contributed by atoms with van der Waals surface area (Å²) >= 11 is 0. The van der Waals surface area contributed by atoms with Crippen molar-refractivity contribution in [3.8, 4) is 0 Å². The number of hydrogen-bond donors (Lipinski definition) is 1. The van der Waals surface area contributed by atoms with Crippen LogP contribution >= 0.6 is 0 Å². The summed E-state index contributed by atoms with van der Waals surface area (Å²) in [6.45, 7) is 3.82. The van der Waals surface area contributed by atoms with Gasteiger partial charge in [0.1, 0.15) is 0 Å². The Morgan fingerprint density at radius 1 is 1.10 bits per heavy atom. The third-order valence-corrected chi connectivity index (χ3v) is 6.54. The van der Waals surface area contributed by atoms with Crippen molar-refractivity contribution in [3.63, 3.8) is 0 Å². The molecule has 0 spiro atoms. The van der Waals surface area contributed by atoms with Gasteiger partial charge in [0, 0.05) is 32.1 Å². The van der Waals surface area contributed by atoms with Crippen LogP contribution in [0.5, 0.6) is 0 Å². The molecule has 2 bridgehead atoms. The zero-order valence-corrected chi connectivity index (χ0v) is 12.9. The second-order valence-electron chi connectivity index (χ2n) is 7.46. The molecule has 21 heavy (non-hydrogen) atoms. The predicted octanol–water partition coefficient (Wildman–Crippen LogP) is 1.65. The predicted molar refractivity (Wildman–Crippen MR) is 80.9 cm³/mol. The van der Waals surface area contributed by atoms with Gasteiger partial charge in [-0.05, 0) is 49.4 Å². The molecule has 1 heterocycles. The molecule has 4 heteroatoms. The minimum atomic E-state index is 0.299. The fraction of sp³-hybridized carbons (Fsp3) is 0.941. The summed E-state index contributed by atoms with van der Waals surface area (Å²) in [6, 6.07) is 0.701. The first-order valence-corrected chi connectivity index (χ1v) is 8.92. The van der Waals surface area contributed by atoms with E-state index >= 15 is 0 Å². The van der Waals surface area contributed by atoms with Crippen molar-refractivity contribution in [1.29, 1.82) is 0 Å². The van der Waals surface area contributed by atoms with Crippen LogP contribution < -0.4 is 5.32 Å². The van der Waals surface area contributed by atoms with Gasteiger partial charge >= 0.3 is 0 Å². The molecule has 3 saturated carbocycles. The highest BCUT2D eigenvalue weighted by Gasteiger charge is 2.53. The third-order valence-electron chi connectivity index (χ3n) is 6.54. The van der Waals surface area contributed by atoms with E-state index < -0.39 is 0 Å². The molecule has 1 aliphatic heterocycles. The van der Waals surface area contributed by atoms with Crippen molar-refractivity contribution in [2.75, 3.05) is 32.8 Å². The van der Waals surface area contributed by atoms with Crippen LogP contribution in [0.25, 0.3) is 0 Å². The van der Waals surface area contributed by atoms with Crippen LogP contribution in [0.1, 0.15) is 38.5 Å². The van der Waals surface area contributed by atoms with Crippen LogP contribution in [-0.2, 0) is 9.53 Å². The second kappa shape index (κ2) is 5.88. The Balaban J connectivity index is 1.22. The number of carbonyl (C=O) groups is 1. The van der Waals surface area contributed by atoms with E-state index in [2.05, 4.69) is 5.32 Å². The first-order chi connectivity index (χ1) is 10.3. The van der Waals surface area contributed by atoms with Crippen molar-refractivity contribution < 1.29 is 9.53 Å². The van der Waals surface area contributed by atoms with E-state index in [1.807, 2.05) is 4.90 Å². The Morgan fingerprint density at radius 3 is 2.76 bits per heavy atom. The Kier molecular flexibility index (Phi) is 3.92. The first kappa shape index (κ1) is 14.0. The lowest BCUT2D eigenvalue weighted by Crippen LogP contribution is -2.44. The largest absolute Gasteiger partial charge is 0.378 e. The number of ether oxygens (including phenoxy) is 1. The van der Waals surface area contributed by atoms with Crippen LogP contribution in [0.15, 0.2) is 0 Å². The molecule has 1 saturated heterocycles. The van der Waals surface area contributed by atoms with Gasteiger partial charge in [-0.3, -0.25) is 4.79 Å². The first-order valence-electron chi connectivity index (χ1n) is 8.92. The van der Waals surface area contributed by atoms with Crippen molar-refractivity contribution in [3.05, 3.63) is 0 Å². The molecule has 0 aromatic rings. The zero-order valence-electron chi connectivity index (χ0n) is 12.9. The van der Waals surface area contributed by atoms with Gasteiger partial charge in [-0.1, -0.05) is 6.42 Å². The van der Waals surface area contributed by atoms with Crippen LogP contribution in [0.2, 0.25) is 0 Å². The minimum absolute atomic E-state index is 0.299. The van der Waals surface area contributed by atoms with Gasteiger partial charge in [0.05, 0.1) is 13.2 Å². The quantitative estimate of drug-likeness (QED) is 0.856. The molecule has 4 nitrogen and oxygen atoms in total. The molecule has 5 unspecified atom stereocenters. The van der Waals surface area contributed by atoms with Gasteiger partial charge < -0.3 is 15.0 Å². The number of hydrogen-bond acceptors (Lipinski definition) is 3. The lowest BCUT2D eigenvalue weighted by molar-refractivity contribution is -0.135. The van der Waals surface area contributed by atoms with Gasteiger partial charge in [0.15, 0.2) is 0 Å². The maximum Gasteiger partial charge on any atom is 0.224 e. The molecule has 0 aromatic carbocycles. The second-order valence-corrected chi connectivity index (χ2v) is 7.46. The lowest BCUT2D eigenvalue weighted by Gasteiger charge is -2.32. The van der Waals surface area contributed by atoms with E-state index in [1.165, 1.54) is 32.1 Å². The Hall–Kier alpha value is -0.610. The SMILES string of the molecule is O=C(CCNC1CC2CC1C1CCCC21)N1CCOCC1. The summed E-state index contributed by atoms with van der Waals surface area (Å²) < 4.78 is 5.30. The average Bonchev–Trinajstić information content (AvgIpc) is 3.20. The number of rotatable bonds is 4. The number of fused-ring (bicyclic) bond motifs is 5.